The van der Waals surface area contributed by atoms with Crippen LogP contribution in [0.2, 0.25) is 0 Å². The first kappa shape index (κ1) is 25.3. The fraction of sp³-hybridized carbons (Fsp3) is 0.533. The van der Waals surface area contributed by atoms with E-state index >= 15 is 0 Å². The molecule has 0 heterocycles. The predicted molar refractivity (Wildman–Crippen MR) is 137 cm³/mol. The van der Waals surface area contributed by atoms with E-state index in [1.54, 1.807) is 7.11 Å². The second-order valence-electron chi connectivity index (χ2n) is 10.5. The summed E-state index contributed by atoms with van der Waals surface area (Å²) in [4.78, 5) is 25.0. The number of amides is 1. The van der Waals surface area contributed by atoms with Crippen LogP contribution in [0.1, 0.15) is 62.6 Å². The highest BCUT2D eigenvalue weighted by Gasteiger charge is 2.52. The molecule has 0 aromatic heterocycles. The van der Waals surface area contributed by atoms with Crippen LogP contribution >= 0.6 is 0 Å². The maximum atomic E-state index is 13.1. The van der Waals surface area contributed by atoms with E-state index in [9.17, 15) is 9.59 Å². The van der Waals surface area contributed by atoms with E-state index in [0.717, 1.165) is 50.7 Å². The molecular formula is C30H39NO4. The number of aryl methyl sites for hydroxylation is 2. The summed E-state index contributed by atoms with van der Waals surface area (Å²) < 4.78 is 11.2. The Morgan fingerprint density at radius 3 is 2.60 bits per heavy atom. The first-order chi connectivity index (χ1) is 16.9. The van der Waals surface area contributed by atoms with Crippen LogP contribution in [0.5, 0.6) is 5.75 Å². The van der Waals surface area contributed by atoms with Gasteiger partial charge in [0.15, 0.2) is 0 Å². The minimum absolute atomic E-state index is 0.0607. The quantitative estimate of drug-likeness (QED) is 0.394. The number of carbonyl (C=O) groups is 2. The van der Waals surface area contributed by atoms with E-state index in [2.05, 4.69) is 36.5 Å². The number of nitrogens with one attached hydrogen (secondary N) is 1. The SMILES string of the molecule is COc1ccc2c(c1)CCC(C1CC[C@H](OC(C)=O)[C@@]1(C)CC(=O)NCCCc1ccccc1)C2. The first-order valence-electron chi connectivity index (χ1n) is 13.0. The van der Waals surface area contributed by atoms with Gasteiger partial charge in [-0.25, -0.2) is 0 Å². The van der Waals surface area contributed by atoms with Crippen molar-refractivity contribution in [3.63, 3.8) is 0 Å². The Morgan fingerprint density at radius 1 is 1.06 bits per heavy atom. The summed E-state index contributed by atoms with van der Waals surface area (Å²) in [7, 11) is 1.71. The van der Waals surface area contributed by atoms with Gasteiger partial charge in [-0.1, -0.05) is 43.3 Å². The fourth-order valence-electron chi connectivity index (χ4n) is 6.45. The van der Waals surface area contributed by atoms with Crippen molar-refractivity contribution in [2.24, 2.45) is 17.3 Å². The van der Waals surface area contributed by atoms with Crippen LogP contribution in [0.3, 0.4) is 0 Å². The van der Waals surface area contributed by atoms with Crippen LogP contribution in [0.15, 0.2) is 48.5 Å². The normalized spacial score (nSPS) is 25.5. The van der Waals surface area contributed by atoms with Crippen LogP contribution in [-0.4, -0.2) is 31.6 Å². The molecule has 2 aromatic rings. The minimum atomic E-state index is -0.357. The summed E-state index contributed by atoms with van der Waals surface area (Å²) in [5.74, 6) is 1.54. The monoisotopic (exact) mass is 477 g/mol. The fourth-order valence-corrected chi connectivity index (χ4v) is 6.45. The van der Waals surface area contributed by atoms with E-state index in [-0.39, 0.29) is 23.4 Å². The van der Waals surface area contributed by atoms with Crippen LogP contribution < -0.4 is 10.1 Å². The van der Waals surface area contributed by atoms with Crippen LogP contribution in [0.25, 0.3) is 0 Å². The van der Waals surface area contributed by atoms with Crippen molar-refractivity contribution in [1.29, 1.82) is 0 Å². The van der Waals surface area contributed by atoms with Gasteiger partial charge < -0.3 is 14.8 Å². The average molecular weight is 478 g/mol. The second kappa shape index (κ2) is 11.3. The summed E-state index contributed by atoms with van der Waals surface area (Å²) >= 11 is 0. The summed E-state index contributed by atoms with van der Waals surface area (Å²) in [6, 6.07) is 16.7. The van der Waals surface area contributed by atoms with Gasteiger partial charge in [0, 0.05) is 25.3 Å². The largest absolute Gasteiger partial charge is 0.497 e. The van der Waals surface area contributed by atoms with Gasteiger partial charge in [0.1, 0.15) is 11.9 Å². The van der Waals surface area contributed by atoms with Gasteiger partial charge in [0.2, 0.25) is 5.91 Å². The number of methoxy groups -OCH3 is 1. The number of rotatable bonds is 9. The standard InChI is InChI=1S/C30H39NO4/c1-21(32)35-28-16-15-27(25-12-11-24-19-26(34-3)14-13-23(24)18-25)30(28,2)20-29(33)31-17-7-10-22-8-5-4-6-9-22/h4-6,8-9,13-14,19,25,27-28H,7,10-12,15-18,20H2,1-3H3,(H,31,33)/t25?,27?,28-,30-/m0/s1. The molecular weight excluding hydrogens is 438 g/mol. The summed E-state index contributed by atoms with van der Waals surface area (Å²) in [6.07, 6.45) is 6.98. The number of esters is 1. The van der Waals surface area contributed by atoms with Gasteiger partial charge >= 0.3 is 5.97 Å². The molecule has 2 aromatic carbocycles. The summed E-state index contributed by atoms with van der Waals surface area (Å²) in [5.41, 5.74) is 3.68. The van der Waals surface area contributed by atoms with Crippen molar-refractivity contribution in [2.75, 3.05) is 13.7 Å². The molecule has 1 N–H and O–H groups in total. The minimum Gasteiger partial charge on any atom is -0.497 e. The van der Waals surface area contributed by atoms with Crippen molar-refractivity contribution in [3.05, 3.63) is 65.2 Å². The lowest BCUT2D eigenvalue weighted by molar-refractivity contribution is -0.155. The maximum absolute atomic E-state index is 13.1. The van der Waals surface area contributed by atoms with E-state index in [1.165, 1.54) is 23.6 Å². The Labute approximate surface area is 209 Å². The van der Waals surface area contributed by atoms with Gasteiger partial charge in [-0.15, -0.1) is 0 Å². The van der Waals surface area contributed by atoms with Gasteiger partial charge in [0.25, 0.3) is 0 Å². The molecule has 0 saturated heterocycles. The van der Waals surface area contributed by atoms with Gasteiger partial charge in [-0.2, -0.15) is 0 Å². The highest BCUT2D eigenvalue weighted by atomic mass is 16.5. The Kier molecular flexibility index (Phi) is 8.15. The van der Waals surface area contributed by atoms with Gasteiger partial charge in [-0.05, 0) is 85.6 Å². The lowest BCUT2D eigenvalue weighted by Gasteiger charge is -2.41. The number of benzene rings is 2. The van der Waals surface area contributed by atoms with Crippen LogP contribution in [0, 0.1) is 17.3 Å². The lowest BCUT2D eigenvalue weighted by atomic mass is 9.65. The van der Waals surface area contributed by atoms with E-state index in [4.69, 9.17) is 9.47 Å². The number of fused-ring (bicyclic) bond motifs is 1. The topological polar surface area (TPSA) is 64.6 Å². The highest BCUT2D eigenvalue weighted by Crippen LogP contribution is 2.53. The first-order valence-corrected chi connectivity index (χ1v) is 13.0. The van der Waals surface area contributed by atoms with Crippen molar-refractivity contribution in [3.8, 4) is 5.75 Å². The third-order valence-electron chi connectivity index (χ3n) is 8.23. The van der Waals surface area contributed by atoms with Gasteiger partial charge in [0.05, 0.1) is 7.11 Å². The third-order valence-corrected chi connectivity index (χ3v) is 8.23. The Hall–Kier alpha value is -2.82. The molecule has 5 nitrogen and oxygen atoms in total. The molecule has 0 aliphatic heterocycles. The molecule has 4 atom stereocenters. The zero-order valence-corrected chi connectivity index (χ0v) is 21.3. The predicted octanol–water partition coefficient (Wildman–Crippen LogP) is 5.29. The molecule has 35 heavy (non-hydrogen) atoms. The number of hydrogen-bond acceptors (Lipinski definition) is 4. The molecule has 1 amide bonds. The van der Waals surface area contributed by atoms with E-state index < -0.39 is 0 Å². The van der Waals surface area contributed by atoms with E-state index in [0.29, 0.717) is 24.8 Å². The second-order valence-corrected chi connectivity index (χ2v) is 10.5. The average Bonchev–Trinajstić information content (AvgIpc) is 3.16. The van der Waals surface area contributed by atoms with Crippen molar-refractivity contribution < 1.29 is 19.1 Å². The lowest BCUT2D eigenvalue weighted by Crippen LogP contribution is -2.43. The van der Waals surface area contributed by atoms with Crippen molar-refractivity contribution in [2.45, 2.75) is 71.3 Å². The molecule has 188 valence electrons. The Balaban J connectivity index is 1.41. The number of carbonyl (C=O) groups excluding carboxylic acids is 2. The Bertz CT molecular complexity index is 1020. The van der Waals surface area contributed by atoms with Crippen molar-refractivity contribution in [1.82, 2.24) is 5.32 Å². The smallest absolute Gasteiger partial charge is 0.302 e. The Morgan fingerprint density at radius 2 is 1.86 bits per heavy atom. The third kappa shape index (κ3) is 6.06. The molecule has 1 fully saturated rings. The number of hydrogen-bond donors (Lipinski definition) is 1. The van der Waals surface area contributed by atoms with Gasteiger partial charge in [-0.3, -0.25) is 9.59 Å². The molecule has 2 aliphatic rings. The molecule has 4 rings (SSSR count). The van der Waals surface area contributed by atoms with E-state index in [1.807, 2.05) is 24.3 Å². The van der Waals surface area contributed by atoms with Crippen LogP contribution in [0.4, 0.5) is 0 Å². The molecule has 2 aliphatic carbocycles. The molecule has 0 radical (unpaired) electrons. The van der Waals surface area contributed by atoms with Crippen LogP contribution in [-0.2, 0) is 33.6 Å². The molecule has 0 spiro atoms. The highest BCUT2D eigenvalue weighted by molar-refractivity contribution is 5.77. The summed E-state index contributed by atoms with van der Waals surface area (Å²) in [5, 5.41) is 3.14. The zero-order valence-electron chi connectivity index (χ0n) is 21.3. The zero-order chi connectivity index (χ0) is 24.8. The molecule has 2 unspecified atom stereocenters. The number of ether oxygens (including phenoxy) is 2. The molecule has 0 bridgehead atoms. The summed E-state index contributed by atoms with van der Waals surface area (Å²) in [6.45, 7) is 4.30. The van der Waals surface area contributed by atoms with Crippen molar-refractivity contribution >= 4 is 11.9 Å². The maximum Gasteiger partial charge on any atom is 0.302 e. The molecule has 5 heteroatoms. The molecule has 1 saturated carbocycles.